The highest BCUT2D eigenvalue weighted by molar-refractivity contribution is 5.64. The molecule has 0 N–H and O–H groups in total. The van der Waals surface area contributed by atoms with Gasteiger partial charge < -0.3 is 9.47 Å². The Hall–Kier alpha value is -3.37. The average molecular weight is 619 g/mol. The maximum absolute atomic E-state index is 14.9. The summed E-state index contributed by atoms with van der Waals surface area (Å²) in [5.74, 6) is -9.55. The van der Waals surface area contributed by atoms with Crippen molar-refractivity contribution in [1.29, 1.82) is 0 Å². The van der Waals surface area contributed by atoms with Gasteiger partial charge in [0.15, 0.2) is 11.6 Å². The summed E-state index contributed by atoms with van der Waals surface area (Å²) in [6.45, 7) is 2.19. The number of hydrogen-bond donors (Lipinski definition) is 0. The third-order valence-corrected chi connectivity index (χ3v) is 7.79. The minimum atomic E-state index is -5.46. The third kappa shape index (κ3) is 8.38. The zero-order valence-electron chi connectivity index (χ0n) is 23.4. The molecule has 0 saturated heterocycles. The van der Waals surface area contributed by atoms with Crippen LogP contribution >= 0.6 is 0 Å². The summed E-state index contributed by atoms with van der Waals surface area (Å²) < 4.78 is 131. The van der Waals surface area contributed by atoms with E-state index in [9.17, 15) is 39.5 Å². The Labute approximate surface area is 243 Å². The zero-order chi connectivity index (χ0) is 31.4. The molecule has 0 heterocycles. The molecule has 11 heteroatoms. The van der Waals surface area contributed by atoms with E-state index < -0.39 is 52.8 Å². The number of hydrogen-bond acceptors (Lipinski definition) is 2. The molecular weight excluding hydrogens is 587 g/mol. The molecule has 0 amide bonds. The van der Waals surface area contributed by atoms with Crippen LogP contribution in [0.2, 0.25) is 0 Å². The normalized spacial score (nSPS) is 17.9. The van der Waals surface area contributed by atoms with Crippen LogP contribution in [0.4, 0.5) is 39.5 Å². The Morgan fingerprint density at radius 1 is 0.698 bits per heavy atom. The lowest BCUT2D eigenvalue weighted by molar-refractivity contribution is -0.276. The van der Waals surface area contributed by atoms with Crippen molar-refractivity contribution in [2.24, 2.45) is 5.92 Å². The summed E-state index contributed by atoms with van der Waals surface area (Å²) in [6.07, 6.45) is 0.256. The van der Waals surface area contributed by atoms with Crippen LogP contribution in [-0.4, -0.2) is 6.36 Å². The number of benzene rings is 3. The lowest BCUT2D eigenvalue weighted by atomic mass is 9.89. The van der Waals surface area contributed by atoms with Gasteiger partial charge in [-0.05, 0) is 59.9 Å². The Morgan fingerprint density at radius 2 is 1.33 bits per heavy atom. The number of halogens is 9. The molecule has 2 atom stereocenters. The van der Waals surface area contributed by atoms with Gasteiger partial charge in [-0.25, -0.2) is 17.6 Å². The van der Waals surface area contributed by atoms with Crippen LogP contribution in [-0.2, 0) is 6.11 Å². The van der Waals surface area contributed by atoms with Crippen LogP contribution in [0.3, 0.4) is 0 Å². The lowest BCUT2D eigenvalue weighted by Gasteiger charge is -2.21. The van der Waals surface area contributed by atoms with E-state index >= 15 is 0 Å². The van der Waals surface area contributed by atoms with Crippen LogP contribution in [0.25, 0.3) is 11.1 Å². The minimum absolute atomic E-state index is 0.0231. The predicted octanol–water partition coefficient (Wildman–Crippen LogP) is 11.2. The van der Waals surface area contributed by atoms with Crippen LogP contribution < -0.4 is 9.47 Å². The van der Waals surface area contributed by atoms with Crippen LogP contribution in [0.1, 0.15) is 81.8 Å². The van der Waals surface area contributed by atoms with Crippen molar-refractivity contribution in [2.75, 3.05) is 0 Å². The first-order valence-electron chi connectivity index (χ1n) is 14.2. The topological polar surface area (TPSA) is 18.5 Å². The van der Waals surface area contributed by atoms with E-state index in [0.717, 1.165) is 37.2 Å². The van der Waals surface area contributed by atoms with Gasteiger partial charge in [-0.3, -0.25) is 0 Å². The Kier molecular flexibility index (Phi) is 10.2. The van der Waals surface area contributed by atoms with Gasteiger partial charge in [-0.15, -0.1) is 13.2 Å². The van der Waals surface area contributed by atoms with E-state index in [2.05, 4.69) is 16.4 Å². The fourth-order valence-electron chi connectivity index (χ4n) is 5.66. The minimum Gasteiger partial charge on any atom is -0.429 e. The maximum Gasteiger partial charge on any atom is 0.573 e. The van der Waals surface area contributed by atoms with Crippen molar-refractivity contribution in [3.05, 3.63) is 82.9 Å². The van der Waals surface area contributed by atoms with Crippen molar-refractivity contribution < 1.29 is 49.0 Å². The van der Waals surface area contributed by atoms with E-state index in [-0.39, 0.29) is 17.7 Å². The molecular formula is C32H31F9O2. The Balaban J connectivity index is 1.48. The molecule has 1 saturated carbocycles. The Morgan fingerprint density at radius 3 is 1.91 bits per heavy atom. The first kappa shape index (κ1) is 32.5. The number of alkyl halides is 5. The van der Waals surface area contributed by atoms with Crippen molar-refractivity contribution >= 4 is 0 Å². The number of ether oxygens (including phenoxy) is 2. The second-order valence-corrected chi connectivity index (χ2v) is 10.9. The fraction of sp³-hybridized carbons (Fsp3) is 0.438. The molecule has 1 aliphatic carbocycles. The van der Waals surface area contributed by atoms with E-state index in [1.54, 1.807) is 12.1 Å². The van der Waals surface area contributed by atoms with Gasteiger partial charge in [0.05, 0.1) is 0 Å². The van der Waals surface area contributed by atoms with Gasteiger partial charge in [0.1, 0.15) is 22.9 Å². The first-order chi connectivity index (χ1) is 20.3. The molecule has 2 nitrogen and oxygen atoms in total. The summed E-state index contributed by atoms with van der Waals surface area (Å²) in [6, 6.07) is 8.38. The molecule has 0 radical (unpaired) electrons. The predicted molar refractivity (Wildman–Crippen MR) is 143 cm³/mol. The molecule has 0 spiro atoms. The fourth-order valence-corrected chi connectivity index (χ4v) is 5.66. The van der Waals surface area contributed by atoms with Crippen LogP contribution in [0.15, 0.2) is 48.5 Å². The second kappa shape index (κ2) is 13.5. The SMILES string of the molecule is CCCCCC1CCCC(c2ccc(-c3cc(F)c(C(F)(F)Oc4cc(F)c(OC(F)(F)F)c(F)c4)c(F)c3)cc2)CC1. The van der Waals surface area contributed by atoms with Crippen molar-refractivity contribution in [3.63, 3.8) is 0 Å². The van der Waals surface area contributed by atoms with E-state index in [4.69, 9.17) is 0 Å². The molecule has 43 heavy (non-hydrogen) atoms. The summed E-state index contributed by atoms with van der Waals surface area (Å²) in [5, 5.41) is 0. The molecule has 3 aromatic rings. The van der Waals surface area contributed by atoms with Gasteiger partial charge in [0.2, 0.25) is 5.75 Å². The highest BCUT2D eigenvalue weighted by Crippen LogP contribution is 2.40. The van der Waals surface area contributed by atoms with E-state index in [1.807, 2.05) is 12.1 Å². The maximum atomic E-state index is 14.9. The first-order valence-corrected chi connectivity index (χ1v) is 14.2. The average Bonchev–Trinajstić information content (AvgIpc) is 3.15. The molecule has 3 aromatic carbocycles. The third-order valence-electron chi connectivity index (χ3n) is 7.79. The van der Waals surface area contributed by atoms with Crippen LogP contribution in [0, 0.1) is 29.2 Å². The molecule has 2 unspecified atom stereocenters. The summed E-state index contributed by atoms with van der Waals surface area (Å²) >= 11 is 0. The van der Waals surface area contributed by atoms with E-state index in [1.165, 1.54) is 32.1 Å². The molecule has 0 aromatic heterocycles. The molecule has 1 aliphatic rings. The summed E-state index contributed by atoms with van der Waals surface area (Å²) in [4.78, 5) is 0. The second-order valence-electron chi connectivity index (χ2n) is 10.9. The monoisotopic (exact) mass is 618 g/mol. The van der Waals surface area contributed by atoms with E-state index in [0.29, 0.717) is 23.6 Å². The van der Waals surface area contributed by atoms with Crippen molar-refractivity contribution in [1.82, 2.24) is 0 Å². The molecule has 4 rings (SSSR count). The summed E-state index contributed by atoms with van der Waals surface area (Å²) in [7, 11) is 0. The molecule has 234 valence electrons. The number of rotatable bonds is 10. The smallest absolute Gasteiger partial charge is 0.429 e. The zero-order valence-corrected chi connectivity index (χ0v) is 23.4. The number of unbranched alkanes of at least 4 members (excludes halogenated alkanes) is 2. The molecule has 0 bridgehead atoms. The van der Waals surface area contributed by atoms with Gasteiger partial charge >= 0.3 is 12.5 Å². The standard InChI is InChI=1S/C32H31F9O2/c1-2-3-4-6-19-7-5-8-20(10-9-19)21-11-13-22(14-12-21)23-15-25(33)29(26(34)16-23)31(37,38)42-24-17-27(35)30(28(36)18-24)43-32(39,40)41/h11-20H,2-10H2,1H3. The van der Waals surface area contributed by atoms with Crippen molar-refractivity contribution in [2.45, 2.75) is 83.1 Å². The van der Waals surface area contributed by atoms with Gasteiger partial charge in [-0.2, -0.15) is 8.78 Å². The lowest BCUT2D eigenvalue weighted by Crippen LogP contribution is -2.25. The van der Waals surface area contributed by atoms with Gasteiger partial charge in [0, 0.05) is 12.1 Å². The van der Waals surface area contributed by atoms with Gasteiger partial charge in [0.25, 0.3) is 0 Å². The molecule has 0 aliphatic heterocycles. The van der Waals surface area contributed by atoms with Crippen LogP contribution in [0.5, 0.6) is 11.5 Å². The summed E-state index contributed by atoms with van der Waals surface area (Å²) in [5.41, 5.74) is -0.380. The Bertz CT molecular complexity index is 1340. The van der Waals surface area contributed by atoms with Crippen molar-refractivity contribution in [3.8, 4) is 22.6 Å². The largest absolute Gasteiger partial charge is 0.573 e. The highest BCUT2D eigenvalue weighted by atomic mass is 19.4. The molecule has 1 fully saturated rings. The quantitative estimate of drug-likeness (QED) is 0.128. The van der Waals surface area contributed by atoms with Gasteiger partial charge in [-0.1, -0.05) is 69.7 Å². The highest BCUT2D eigenvalue weighted by Gasteiger charge is 2.42.